The Balaban J connectivity index is 2.43. The number of ether oxygens (including phenoxy) is 1. The molecule has 0 heterocycles. The van der Waals surface area contributed by atoms with Gasteiger partial charge < -0.3 is 4.74 Å². The maximum atomic E-state index is 11.0. The largest absolute Gasteiger partial charge is 0.455 e. The third-order valence-corrected chi connectivity index (χ3v) is 3.75. The third kappa shape index (κ3) is 3.05. The molecule has 5 nitrogen and oxygen atoms in total. The minimum Gasteiger partial charge on any atom is -0.455 e. The van der Waals surface area contributed by atoms with E-state index in [9.17, 15) is 14.9 Å². The molecule has 0 bridgehead atoms. The molecule has 0 atom stereocenters. The minimum atomic E-state index is -0.515. The first-order chi connectivity index (χ1) is 9.52. The minimum absolute atomic E-state index is 0.104. The summed E-state index contributed by atoms with van der Waals surface area (Å²) in [7, 11) is 0. The van der Waals surface area contributed by atoms with Crippen molar-refractivity contribution in [3.8, 4) is 11.5 Å². The van der Waals surface area contributed by atoms with E-state index in [-0.39, 0.29) is 15.9 Å². The number of nitro benzene ring substituents is 1. The molecule has 0 amide bonds. The summed E-state index contributed by atoms with van der Waals surface area (Å²) in [6.45, 7) is 0. The molecule has 0 saturated heterocycles. The Hall–Kier alpha value is -1.73. The predicted octanol–water partition coefficient (Wildman–Crippen LogP) is 4.72. The van der Waals surface area contributed by atoms with Crippen LogP contribution in [0.25, 0.3) is 0 Å². The summed E-state index contributed by atoms with van der Waals surface area (Å²) in [6, 6.07) is 9.38. The van der Waals surface area contributed by atoms with Crippen molar-refractivity contribution >= 4 is 43.8 Å². The zero-order chi connectivity index (χ0) is 14.7. The van der Waals surface area contributed by atoms with Crippen LogP contribution in [0.3, 0.4) is 0 Å². The molecule has 2 aromatic rings. The number of benzene rings is 2. The van der Waals surface area contributed by atoms with Gasteiger partial charge in [0.2, 0.25) is 0 Å². The highest BCUT2D eigenvalue weighted by Crippen LogP contribution is 2.37. The molecule has 0 aromatic heterocycles. The van der Waals surface area contributed by atoms with E-state index in [0.717, 1.165) is 4.47 Å². The van der Waals surface area contributed by atoms with E-state index in [0.29, 0.717) is 17.6 Å². The second-order valence-corrected chi connectivity index (χ2v) is 5.46. The average molecular weight is 401 g/mol. The summed E-state index contributed by atoms with van der Waals surface area (Å²) in [5.41, 5.74) is 0.241. The van der Waals surface area contributed by atoms with Crippen molar-refractivity contribution in [3.63, 3.8) is 0 Å². The smallest absolute Gasteiger partial charge is 0.287 e. The Bertz CT molecular complexity index is 688. The molecule has 2 rings (SSSR count). The Morgan fingerprint density at radius 1 is 1.15 bits per heavy atom. The van der Waals surface area contributed by atoms with E-state index in [1.54, 1.807) is 24.3 Å². The van der Waals surface area contributed by atoms with Crippen LogP contribution in [-0.4, -0.2) is 11.2 Å². The topological polar surface area (TPSA) is 69.4 Å². The van der Waals surface area contributed by atoms with Crippen LogP contribution >= 0.6 is 31.9 Å². The highest BCUT2D eigenvalue weighted by molar-refractivity contribution is 9.11. The third-order valence-electron chi connectivity index (χ3n) is 2.46. The molecule has 20 heavy (non-hydrogen) atoms. The molecule has 102 valence electrons. The first-order valence-corrected chi connectivity index (χ1v) is 6.97. The number of carbonyl (C=O) groups excluding carboxylic acids is 1. The summed E-state index contributed by atoms with van der Waals surface area (Å²) in [6.07, 6.45) is 0.658. The molecule has 0 fully saturated rings. The van der Waals surface area contributed by atoms with Gasteiger partial charge in [0.1, 0.15) is 16.0 Å². The van der Waals surface area contributed by atoms with Gasteiger partial charge >= 0.3 is 0 Å². The van der Waals surface area contributed by atoms with Gasteiger partial charge in [0.05, 0.1) is 10.5 Å². The molecule has 0 unspecified atom stereocenters. The molecular weight excluding hydrogens is 394 g/mol. The van der Waals surface area contributed by atoms with Crippen LogP contribution in [0.4, 0.5) is 5.69 Å². The predicted molar refractivity (Wildman–Crippen MR) is 80.4 cm³/mol. The molecular formula is C13H7Br2NO4. The van der Waals surface area contributed by atoms with Gasteiger partial charge in [-0.2, -0.15) is 0 Å². The van der Waals surface area contributed by atoms with Crippen LogP contribution in [0.5, 0.6) is 11.5 Å². The van der Waals surface area contributed by atoms with Gasteiger partial charge in [-0.3, -0.25) is 14.9 Å². The number of nitrogens with zero attached hydrogens (tertiary/aromatic N) is 1. The van der Waals surface area contributed by atoms with E-state index in [1.165, 1.54) is 12.1 Å². The average Bonchev–Trinajstić information content (AvgIpc) is 2.42. The number of halogens is 2. The lowest BCUT2D eigenvalue weighted by molar-refractivity contribution is -0.385. The summed E-state index contributed by atoms with van der Waals surface area (Å²) in [5, 5.41) is 10.9. The summed E-state index contributed by atoms with van der Waals surface area (Å²) < 4.78 is 6.54. The van der Waals surface area contributed by atoms with Crippen LogP contribution in [-0.2, 0) is 0 Å². The highest BCUT2D eigenvalue weighted by atomic mass is 79.9. The van der Waals surface area contributed by atoms with Crippen molar-refractivity contribution in [1.82, 2.24) is 0 Å². The first-order valence-electron chi connectivity index (χ1n) is 5.38. The van der Waals surface area contributed by atoms with Crippen molar-refractivity contribution in [1.29, 1.82) is 0 Å². The lowest BCUT2D eigenvalue weighted by Crippen LogP contribution is -1.94. The van der Waals surface area contributed by atoms with Crippen molar-refractivity contribution in [3.05, 3.63) is 61.0 Å². The van der Waals surface area contributed by atoms with Crippen LogP contribution in [0.1, 0.15) is 10.4 Å². The van der Waals surface area contributed by atoms with E-state index in [4.69, 9.17) is 4.74 Å². The van der Waals surface area contributed by atoms with E-state index >= 15 is 0 Å². The van der Waals surface area contributed by atoms with Gasteiger partial charge in [0.15, 0.2) is 6.29 Å². The lowest BCUT2D eigenvalue weighted by atomic mass is 10.2. The quantitative estimate of drug-likeness (QED) is 0.422. The molecule has 0 saturated carbocycles. The second kappa shape index (κ2) is 6.15. The van der Waals surface area contributed by atoms with Crippen molar-refractivity contribution < 1.29 is 14.5 Å². The maximum Gasteiger partial charge on any atom is 0.287 e. The Morgan fingerprint density at radius 2 is 1.90 bits per heavy atom. The SMILES string of the molecule is O=Cc1cc(Br)ccc1Oc1cccc([N+](=O)[O-])c1Br. The molecule has 7 heteroatoms. The van der Waals surface area contributed by atoms with E-state index in [2.05, 4.69) is 31.9 Å². The maximum absolute atomic E-state index is 11.0. The van der Waals surface area contributed by atoms with Crippen molar-refractivity contribution in [2.24, 2.45) is 0 Å². The number of carbonyl (C=O) groups is 1. The van der Waals surface area contributed by atoms with Crippen LogP contribution in [0.15, 0.2) is 45.3 Å². The standard InChI is InChI=1S/C13H7Br2NO4/c14-9-4-5-11(8(6-9)7-17)20-12-3-1-2-10(13(12)15)16(18)19/h1-7H. The first kappa shape index (κ1) is 14.7. The summed E-state index contributed by atoms with van der Waals surface area (Å²) in [4.78, 5) is 21.3. The molecule has 0 aliphatic rings. The van der Waals surface area contributed by atoms with Crippen LogP contribution < -0.4 is 4.74 Å². The number of rotatable bonds is 4. The summed E-state index contributed by atoms with van der Waals surface area (Å²) in [5.74, 6) is 0.592. The summed E-state index contributed by atoms with van der Waals surface area (Å²) >= 11 is 6.39. The van der Waals surface area contributed by atoms with E-state index in [1.807, 2.05) is 0 Å². The molecule has 2 aromatic carbocycles. The molecule has 0 N–H and O–H groups in total. The van der Waals surface area contributed by atoms with Crippen molar-refractivity contribution in [2.75, 3.05) is 0 Å². The fraction of sp³-hybridized carbons (Fsp3) is 0. The Labute approximate surface area is 131 Å². The molecule has 0 aliphatic heterocycles. The van der Waals surface area contributed by atoms with Gasteiger partial charge in [0.25, 0.3) is 5.69 Å². The van der Waals surface area contributed by atoms with Crippen LogP contribution in [0, 0.1) is 10.1 Å². The van der Waals surface area contributed by atoms with Gasteiger partial charge in [0, 0.05) is 10.5 Å². The van der Waals surface area contributed by atoms with Gasteiger partial charge in [-0.25, -0.2) is 0 Å². The van der Waals surface area contributed by atoms with Crippen molar-refractivity contribution in [2.45, 2.75) is 0 Å². The molecule has 0 aliphatic carbocycles. The Morgan fingerprint density at radius 3 is 2.55 bits per heavy atom. The van der Waals surface area contributed by atoms with Gasteiger partial charge in [-0.15, -0.1) is 0 Å². The number of hydrogen-bond acceptors (Lipinski definition) is 4. The van der Waals surface area contributed by atoms with E-state index < -0.39 is 4.92 Å². The molecule has 0 spiro atoms. The zero-order valence-electron chi connectivity index (χ0n) is 9.88. The second-order valence-electron chi connectivity index (χ2n) is 3.75. The monoisotopic (exact) mass is 399 g/mol. The normalized spacial score (nSPS) is 10.1. The fourth-order valence-electron chi connectivity index (χ4n) is 1.54. The highest BCUT2D eigenvalue weighted by Gasteiger charge is 2.17. The zero-order valence-corrected chi connectivity index (χ0v) is 13.0. The van der Waals surface area contributed by atoms with Gasteiger partial charge in [-0.1, -0.05) is 22.0 Å². The molecule has 0 radical (unpaired) electrons. The fourth-order valence-corrected chi connectivity index (χ4v) is 2.41. The number of nitro groups is 1. The lowest BCUT2D eigenvalue weighted by Gasteiger charge is -2.10. The van der Waals surface area contributed by atoms with Crippen LogP contribution in [0.2, 0.25) is 0 Å². The number of hydrogen-bond donors (Lipinski definition) is 0. The van der Waals surface area contributed by atoms with Gasteiger partial charge in [-0.05, 0) is 40.2 Å². The Kier molecular flexibility index (Phi) is 4.51. The number of aldehydes is 1.